The van der Waals surface area contributed by atoms with E-state index < -0.39 is 11.6 Å². The number of hydrogen-bond acceptors (Lipinski definition) is 2. The summed E-state index contributed by atoms with van der Waals surface area (Å²) in [4.78, 5) is 0. The molecule has 2 aromatic rings. The van der Waals surface area contributed by atoms with Crippen molar-refractivity contribution in [1.29, 1.82) is 0 Å². The van der Waals surface area contributed by atoms with Crippen LogP contribution in [0.4, 0.5) is 8.78 Å². The third-order valence-corrected chi connectivity index (χ3v) is 2.79. The Morgan fingerprint density at radius 2 is 1.89 bits per heavy atom. The largest absolute Gasteiger partial charge is 0.308 e. The summed E-state index contributed by atoms with van der Waals surface area (Å²) in [5.41, 5.74) is 2.01. The molecule has 0 spiro atoms. The number of aryl methyl sites for hydroxylation is 2. The first-order valence-corrected chi connectivity index (χ1v) is 5.70. The molecule has 0 saturated carbocycles. The second-order valence-corrected chi connectivity index (χ2v) is 4.22. The van der Waals surface area contributed by atoms with Crippen LogP contribution < -0.4 is 5.32 Å². The summed E-state index contributed by atoms with van der Waals surface area (Å²) in [6.45, 7) is 2.60. The molecule has 1 aromatic heterocycles. The number of nitrogens with zero attached hydrogens (tertiary/aromatic N) is 2. The predicted octanol–water partition coefficient (Wildman–Crippen LogP) is 2.30. The lowest BCUT2D eigenvalue weighted by Gasteiger charge is -2.06. The average molecular weight is 251 g/mol. The standard InChI is InChI=1S/C13H15F2N3/c1-9-10(8-18(2)17-9)6-16-7-11-12(14)4-3-5-13(11)15/h3-5,8,16H,6-7H2,1-2H3. The second-order valence-electron chi connectivity index (χ2n) is 4.22. The van der Waals surface area contributed by atoms with Gasteiger partial charge in [0.1, 0.15) is 11.6 Å². The summed E-state index contributed by atoms with van der Waals surface area (Å²) in [7, 11) is 1.84. The van der Waals surface area contributed by atoms with Gasteiger partial charge < -0.3 is 5.32 Å². The fraction of sp³-hybridized carbons (Fsp3) is 0.308. The molecule has 1 aromatic carbocycles. The van der Waals surface area contributed by atoms with Crippen LogP contribution in [0, 0.1) is 18.6 Å². The number of aromatic nitrogens is 2. The highest BCUT2D eigenvalue weighted by Gasteiger charge is 2.08. The van der Waals surface area contributed by atoms with E-state index in [1.807, 2.05) is 20.2 Å². The van der Waals surface area contributed by atoms with Gasteiger partial charge in [-0.15, -0.1) is 0 Å². The maximum Gasteiger partial charge on any atom is 0.130 e. The Bertz CT molecular complexity index is 529. The molecule has 0 saturated heterocycles. The number of benzene rings is 1. The van der Waals surface area contributed by atoms with Crippen LogP contribution >= 0.6 is 0 Å². The summed E-state index contributed by atoms with van der Waals surface area (Å²) >= 11 is 0. The number of halogens is 2. The van der Waals surface area contributed by atoms with E-state index >= 15 is 0 Å². The predicted molar refractivity (Wildman–Crippen MR) is 64.8 cm³/mol. The lowest BCUT2D eigenvalue weighted by atomic mass is 10.2. The van der Waals surface area contributed by atoms with Gasteiger partial charge in [-0.05, 0) is 19.1 Å². The van der Waals surface area contributed by atoms with Gasteiger partial charge in [0, 0.05) is 37.5 Å². The SMILES string of the molecule is Cc1nn(C)cc1CNCc1c(F)cccc1F. The minimum Gasteiger partial charge on any atom is -0.308 e. The molecule has 0 bridgehead atoms. The first-order chi connectivity index (χ1) is 8.58. The van der Waals surface area contributed by atoms with Crippen LogP contribution in [0.1, 0.15) is 16.8 Å². The molecule has 0 amide bonds. The average Bonchev–Trinajstić information content (AvgIpc) is 2.62. The van der Waals surface area contributed by atoms with E-state index in [0.717, 1.165) is 11.3 Å². The lowest BCUT2D eigenvalue weighted by Crippen LogP contribution is -2.15. The summed E-state index contributed by atoms with van der Waals surface area (Å²) < 4.78 is 28.4. The Hall–Kier alpha value is -1.75. The fourth-order valence-corrected chi connectivity index (χ4v) is 1.85. The quantitative estimate of drug-likeness (QED) is 0.903. The summed E-state index contributed by atoms with van der Waals surface area (Å²) in [6, 6.07) is 3.88. The Labute approximate surface area is 104 Å². The molecule has 0 aliphatic heterocycles. The Kier molecular flexibility index (Phi) is 3.72. The number of hydrogen-bond donors (Lipinski definition) is 1. The molecule has 5 heteroatoms. The highest BCUT2D eigenvalue weighted by atomic mass is 19.1. The van der Waals surface area contributed by atoms with Crippen LogP contribution in [-0.2, 0) is 20.1 Å². The van der Waals surface area contributed by atoms with E-state index in [1.165, 1.54) is 18.2 Å². The molecule has 0 unspecified atom stereocenters. The summed E-state index contributed by atoms with van der Waals surface area (Å²) in [5, 5.41) is 7.22. The van der Waals surface area contributed by atoms with Gasteiger partial charge in [-0.25, -0.2) is 8.78 Å². The second kappa shape index (κ2) is 5.27. The van der Waals surface area contributed by atoms with Crippen molar-refractivity contribution in [1.82, 2.24) is 15.1 Å². The van der Waals surface area contributed by atoms with Crippen molar-refractivity contribution in [3.05, 3.63) is 52.9 Å². The van der Waals surface area contributed by atoms with Crippen molar-refractivity contribution in [3.8, 4) is 0 Å². The molecule has 0 radical (unpaired) electrons. The summed E-state index contributed by atoms with van der Waals surface area (Å²) in [6.07, 6.45) is 1.89. The lowest BCUT2D eigenvalue weighted by molar-refractivity contribution is 0.535. The first-order valence-electron chi connectivity index (χ1n) is 5.70. The molecule has 0 aliphatic carbocycles. The molecular weight excluding hydrogens is 236 g/mol. The van der Waals surface area contributed by atoms with Crippen molar-refractivity contribution in [2.45, 2.75) is 20.0 Å². The van der Waals surface area contributed by atoms with E-state index in [1.54, 1.807) is 4.68 Å². The van der Waals surface area contributed by atoms with Gasteiger partial charge in [0.05, 0.1) is 5.69 Å². The number of rotatable bonds is 4. The van der Waals surface area contributed by atoms with Crippen molar-refractivity contribution in [2.24, 2.45) is 7.05 Å². The first kappa shape index (κ1) is 12.7. The monoisotopic (exact) mass is 251 g/mol. The van der Waals surface area contributed by atoms with Crippen molar-refractivity contribution < 1.29 is 8.78 Å². The zero-order valence-corrected chi connectivity index (χ0v) is 10.4. The molecule has 0 fully saturated rings. The van der Waals surface area contributed by atoms with Crippen molar-refractivity contribution >= 4 is 0 Å². The van der Waals surface area contributed by atoms with Crippen LogP contribution in [-0.4, -0.2) is 9.78 Å². The van der Waals surface area contributed by atoms with Gasteiger partial charge in [-0.2, -0.15) is 5.10 Å². The van der Waals surface area contributed by atoms with Crippen LogP contribution in [0.2, 0.25) is 0 Å². The molecule has 1 N–H and O–H groups in total. The molecule has 18 heavy (non-hydrogen) atoms. The topological polar surface area (TPSA) is 29.9 Å². The van der Waals surface area contributed by atoms with Crippen LogP contribution in [0.15, 0.2) is 24.4 Å². The van der Waals surface area contributed by atoms with E-state index in [2.05, 4.69) is 10.4 Å². The molecule has 1 heterocycles. The molecule has 0 atom stereocenters. The Morgan fingerprint density at radius 1 is 1.22 bits per heavy atom. The molecule has 2 rings (SSSR count). The maximum atomic E-state index is 13.4. The van der Waals surface area contributed by atoms with E-state index in [9.17, 15) is 8.78 Å². The molecule has 0 aliphatic rings. The molecular formula is C13H15F2N3. The van der Waals surface area contributed by atoms with Gasteiger partial charge in [0.15, 0.2) is 0 Å². The van der Waals surface area contributed by atoms with Gasteiger partial charge >= 0.3 is 0 Å². The minimum atomic E-state index is -0.523. The van der Waals surface area contributed by atoms with Crippen LogP contribution in [0.5, 0.6) is 0 Å². The number of nitrogens with one attached hydrogen (secondary N) is 1. The summed E-state index contributed by atoms with van der Waals surface area (Å²) in [5.74, 6) is -1.05. The van der Waals surface area contributed by atoms with Gasteiger partial charge in [-0.1, -0.05) is 6.07 Å². The zero-order valence-electron chi connectivity index (χ0n) is 10.4. The van der Waals surface area contributed by atoms with Gasteiger partial charge in [-0.3, -0.25) is 4.68 Å². The van der Waals surface area contributed by atoms with Crippen molar-refractivity contribution in [3.63, 3.8) is 0 Å². The van der Waals surface area contributed by atoms with E-state index in [0.29, 0.717) is 6.54 Å². The van der Waals surface area contributed by atoms with Crippen molar-refractivity contribution in [2.75, 3.05) is 0 Å². The van der Waals surface area contributed by atoms with Gasteiger partial charge in [0.25, 0.3) is 0 Å². The molecule has 96 valence electrons. The smallest absolute Gasteiger partial charge is 0.130 e. The zero-order chi connectivity index (χ0) is 13.1. The van der Waals surface area contributed by atoms with Crippen LogP contribution in [0.25, 0.3) is 0 Å². The normalized spacial score (nSPS) is 10.9. The third-order valence-electron chi connectivity index (χ3n) is 2.79. The Morgan fingerprint density at radius 3 is 2.44 bits per heavy atom. The van der Waals surface area contributed by atoms with E-state index in [4.69, 9.17) is 0 Å². The fourth-order valence-electron chi connectivity index (χ4n) is 1.85. The van der Waals surface area contributed by atoms with E-state index in [-0.39, 0.29) is 12.1 Å². The highest BCUT2D eigenvalue weighted by molar-refractivity contribution is 5.20. The maximum absolute atomic E-state index is 13.4. The minimum absolute atomic E-state index is 0.0686. The third kappa shape index (κ3) is 2.73. The van der Waals surface area contributed by atoms with Crippen LogP contribution in [0.3, 0.4) is 0 Å². The highest BCUT2D eigenvalue weighted by Crippen LogP contribution is 2.12. The molecule has 3 nitrogen and oxygen atoms in total. The Balaban J connectivity index is 1.99. The van der Waals surface area contributed by atoms with Gasteiger partial charge in [0.2, 0.25) is 0 Å².